The van der Waals surface area contributed by atoms with Gasteiger partial charge in [0.15, 0.2) is 11.5 Å². The van der Waals surface area contributed by atoms with E-state index in [1.165, 1.54) is 0 Å². The van der Waals surface area contributed by atoms with E-state index in [4.69, 9.17) is 14.7 Å². The molecule has 0 unspecified atom stereocenters. The molecule has 5 nitrogen and oxygen atoms in total. The number of hydrogen-bond donors (Lipinski definition) is 1. The minimum absolute atomic E-state index is 0.191. The lowest BCUT2D eigenvalue weighted by Gasteiger charge is -2.20. The molecular formula is C14H16N2O3. The first-order chi connectivity index (χ1) is 9.00. The minimum atomic E-state index is -0.856. The zero-order valence-corrected chi connectivity index (χ0v) is 11.0. The van der Waals surface area contributed by atoms with Crippen LogP contribution in [0, 0.1) is 11.3 Å². The number of fused-ring (bicyclic) bond motifs is 1. The van der Waals surface area contributed by atoms with E-state index in [1.807, 2.05) is 12.1 Å². The normalized spacial score (nSPS) is 13.5. The van der Waals surface area contributed by atoms with E-state index in [9.17, 15) is 4.79 Å². The molecule has 0 fully saturated rings. The maximum absolute atomic E-state index is 11.8. The van der Waals surface area contributed by atoms with Crippen molar-refractivity contribution in [3.05, 3.63) is 23.8 Å². The molecule has 1 N–H and O–H groups in total. The van der Waals surface area contributed by atoms with Crippen molar-refractivity contribution in [1.29, 1.82) is 5.26 Å². The van der Waals surface area contributed by atoms with Crippen molar-refractivity contribution in [2.45, 2.75) is 25.8 Å². The standard InChI is InChI=1S/C14H16N2O3/c1-14(2,9-15)16-13(17)8-10-3-4-11-12(7-10)19-6-5-18-11/h3-4,7H,5-6,8H2,1-2H3,(H,16,17). The van der Waals surface area contributed by atoms with Crippen molar-refractivity contribution in [3.63, 3.8) is 0 Å². The first-order valence-electron chi connectivity index (χ1n) is 6.11. The number of carbonyl (C=O) groups is 1. The molecule has 5 heteroatoms. The van der Waals surface area contributed by atoms with Crippen molar-refractivity contribution in [3.8, 4) is 17.6 Å². The van der Waals surface area contributed by atoms with Crippen LogP contribution in [-0.4, -0.2) is 24.7 Å². The van der Waals surface area contributed by atoms with Crippen LogP contribution in [0.2, 0.25) is 0 Å². The lowest BCUT2D eigenvalue weighted by Crippen LogP contribution is -2.42. The highest BCUT2D eigenvalue weighted by Gasteiger charge is 2.20. The fourth-order valence-electron chi connectivity index (χ4n) is 1.80. The lowest BCUT2D eigenvalue weighted by molar-refractivity contribution is -0.121. The van der Waals surface area contributed by atoms with E-state index in [-0.39, 0.29) is 12.3 Å². The van der Waals surface area contributed by atoms with Gasteiger partial charge in [-0.1, -0.05) is 6.07 Å². The van der Waals surface area contributed by atoms with E-state index in [2.05, 4.69) is 5.32 Å². The molecule has 1 heterocycles. The molecule has 0 spiro atoms. The van der Waals surface area contributed by atoms with Crippen LogP contribution >= 0.6 is 0 Å². The molecule has 0 atom stereocenters. The number of ether oxygens (including phenoxy) is 2. The van der Waals surface area contributed by atoms with Crippen molar-refractivity contribution in [2.24, 2.45) is 0 Å². The summed E-state index contributed by atoms with van der Waals surface area (Å²) in [6, 6.07) is 7.45. The van der Waals surface area contributed by atoms with Gasteiger partial charge in [-0.3, -0.25) is 4.79 Å². The van der Waals surface area contributed by atoms with Crippen molar-refractivity contribution < 1.29 is 14.3 Å². The molecule has 0 radical (unpaired) electrons. The number of carbonyl (C=O) groups excluding carboxylic acids is 1. The molecule has 19 heavy (non-hydrogen) atoms. The minimum Gasteiger partial charge on any atom is -0.486 e. The molecule has 1 aliphatic heterocycles. The molecule has 100 valence electrons. The van der Waals surface area contributed by atoms with Gasteiger partial charge in [0.2, 0.25) is 5.91 Å². The summed E-state index contributed by atoms with van der Waals surface area (Å²) in [5.74, 6) is 1.17. The van der Waals surface area contributed by atoms with Crippen molar-refractivity contribution >= 4 is 5.91 Å². The van der Waals surface area contributed by atoms with E-state index >= 15 is 0 Å². The van der Waals surface area contributed by atoms with Crippen LogP contribution in [0.5, 0.6) is 11.5 Å². The second-order valence-corrected chi connectivity index (χ2v) is 4.94. The van der Waals surface area contributed by atoms with Crippen molar-refractivity contribution in [1.82, 2.24) is 5.32 Å². The molecule has 0 aromatic heterocycles. The van der Waals surface area contributed by atoms with Gasteiger partial charge in [0, 0.05) is 0 Å². The molecule has 1 amide bonds. The topological polar surface area (TPSA) is 71.4 Å². The summed E-state index contributed by atoms with van der Waals surface area (Å²) in [5, 5.41) is 11.5. The SMILES string of the molecule is CC(C)(C#N)NC(=O)Cc1ccc2c(c1)OCCO2. The van der Waals surface area contributed by atoms with Gasteiger partial charge in [-0.05, 0) is 31.5 Å². The number of rotatable bonds is 3. The van der Waals surface area contributed by atoms with Crippen LogP contribution in [0.3, 0.4) is 0 Å². The molecule has 2 rings (SSSR count). The molecule has 0 aliphatic carbocycles. The summed E-state index contributed by atoms with van der Waals surface area (Å²) < 4.78 is 10.9. The first kappa shape index (κ1) is 13.2. The summed E-state index contributed by atoms with van der Waals surface area (Å²) >= 11 is 0. The van der Waals surface area contributed by atoms with Crippen LogP contribution in [0.1, 0.15) is 19.4 Å². The number of nitrogens with zero attached hydrogens (tertiary/aromatic N) is 1. The number of benzene rings is 1. The summed E-state index contributed by atoms with van der Waals surface area (Å²) in [6.45, 7) is 4.39. The Balaban J connectivity index is 2.04. The Morgan fingerprint density at radius 1 is 1.37 bits per heavy atom. The lowest BCUT2D eigenvalue weighted by atomic mass is 10.1. The Hall–Kier alpha value is -2.22. The number of nitrogens with one attached hydrogen (secondary N) is 1. The summed E-state index contributed by atoms with van der Waals surface area (Å²) in [4.78, 5) is 11.8. The maximum Gasteiger partial charge on any atom is 0.225 e. The highest BCUT2D eigenvalue weighted by molar-refractivity contribution is 5.79. The van der Waals surface area contributed by atoms with Gasteiger partial charge in [-0.15, -0.1) is 0 Å². The predicted octanol–water partition coefficient (Wildman–Crippen LogP) is 1.42. The fraction of sp³-hybridized carbons (Fsp3) is 0.429. The van der Waals surface area contributed by atoms with E-state index in [1.54, 1.807) is 26.0 Å². The van der Waals surface area contributed by atoms with Gasteiger partial charge >= 0.3 is 0 Å². The van der Waals surface area contributed by atoms with Gasteiger partial charge in [-0.25, -0.2) is 0 Å². The Kier molecular flexibility index (Phi) is 3.61. The van der Waals surface area contributed by atoms with Gasteiger partial charge < -0.3 is 14.8 Å². The monoisotopic (exact) mass is 260 g/mol. The van der Waals surface area contributed by atoms with E-state index in [0.29, 0.717) is 24.7 Å². The van der Waals surface area contributed by atoms with E-state index in [0.717, 1.165) is 5.56 Å². The van der Waals surface area contributed by atoms with Crippen molar-refractivity contribution in [2.75, 3.05) is 13.2 Å². The smallest absolute Gasteiger partial charge is 0.225 e. The third-order valence-corrected chi connectivity index (χ3v) is 2.70. The third-order valence-electron chi connectivity index (χ3n) is 2.70. The van der Waals surface area contributed by atoms with Gasteiger partial charge in [-0.2, -0.15) is 5.26 Å². The molecule has 0 bridgehead atoms. The maximum atomic E-state index is 11.8. The van der Waals surface area contributed by atoms with Crippen LogP contribution in [-0.2, 0) is 11.2 Å². The summed E-state index contributed by atoms with van der Waals surface area (Å²) in [5.41, 5.74) is -0.0271. The molecular weight excluding hydrogens is 244 g/mol. The summed E-state index contributed by atoms with van der Waals surface area (Å²) in [6.07, 6.45) is 0.210. The molecule has 1 aromatic rings. The largest absolute Gasteiger partial charge is 0.486 e. The zero-order chi connectivity index (χ0) is 13.9. The van der Waals surface area contributed by atoms with Crippen LogP contribution < -0.4 is 14.8 Å². The average molecular weight is 260 g/mol. The molecule has 0 saturated carbocycles. The highest BCUT2D eigenvalue weighted by atomic mass is 16.6. The Morgan fingerprint density at radius 2 is 2.05 bits per heavy atom. The van der Waals surface area contributed by atoms with Gasteiger partial charge in [0.05, 0.1) is 12.5 Å². The molecule has 0 saturated heterocycles. The molecule has 1 aromatic carbocycles. The van der Waals surface area contributed by atoms with Crippen LogP contribution in [0.4, 0.5) is 0 Å². The first-order valence-corrected chi connectivity index (χ1v) is 6.11. The van der Waals surface area contributed by atoms with E-state index < -0.39 is 5.54 Å². The highest BCUT2D eigenvalue weighted by Crippen LogP contribution is 2.30. The number of amides is 1. The Morgan fingerprint density at radius 3 is 2.74 bits per heavy atom. The Labute approximate surface area is 112 Å². The number of hydrogen-bond acceptors (Lipinski definition) is 4. The van der Waals surface area contributed by atoms with Gasteiger partial charge in [0.1, 0.15) is 18.8 Å². The summed E-state index contributed by atoms with van der Waals surface area (Å²) in [7, 11) is 0. The zero-order valence-electron chi connectivity index (χ0n) is 11.0. The number of nitriles is 1. The quantitative estimate of drug-likeness (QED) is 0.892. The van der Waals surface area contributed by atoms with Crippen LogP contribution in [0.15, 0.2) is 18.2 Å². The second-order valence-electron chi connectivity index (χ2n) is 4.94. The molecule has 1 aliphatic rings. The fourth-order valence-corrected chi connectivity index (χ4v) is 1.80. The second kappa shape index (κ2) is 5.19. The van der Waals surface area contributed by atoms with Crippen LogP contribution in [0.25, 0.3) is 0 Å². The Bertz CT molecular complexity index is 532. The average Bonchev–Trinajstić information content (AvgIpc) is 2.38. The van der Waals surface area contributed by atoms with Gasteiger partial charge in [0.25, 0.3) is 0 Å². The predicted molar refractivity (Wildman–Crippen MR) is 69.0 cm³/mol. The third kappa shape index (κ3) is 3.38.